The molecule has 5 heteroatoms. The fourth-order valence-electron chi connectivity index (χ4n) is 2.67. The first-order valence-corrected chi connectivity index (χ1v) is 7.25. The number of nitrogens with one attached hydrogen (secondary N) is 1. The summed E-state index contributed by atoms with van der Waals surface area (Å²) in [6, 6.07) is 7.87. The van der Waals surface area contributed by atoms with Gasteiger partial charge in [0.1, 0.15) is 6.61 Å². The minimum absolute atomic E-state index is 0.0437. The predicted octanol–water partition coefficient (Wildman–Crippen LogP) is 1.67. The van der Waals surface area contributed by atoms with Crippen LogP contribution in [-0.2, 0) is 9.53 Å². The standard InChI is InChI=1S/C17H21N3O2/c1-12-8-13(10-18)4-5-15(12)14-6-7-19-16(9-14)20(2)17(21)11-22-3/h4-6,8,16,19H,7,9,11H2,1-3H3. The van der Waals surface area contributed by atoms with Crippen molar-refractivity contribution in [1.29, 1.82) is 5.26 Å². The van der Waals surface area contributed by atoms with Crippen LogP contribution < -0.4 is 5.32 Å². The Morgan fingerprint density at radius 1 is 1.55 bits per heavy atom. The van der Waals surface area contributed by atoms with E-state index in [0.29, 0.717) is 12.1 Å². The first-order chi connectivity index (χ1) is 10.6. The Morgan fingerprint density at radius 3 is 2.95 bits per heavy atom. The van der Waals surface area contributed by atoms with Crippen molar-refractivity contribution in [3.63, 3.8) is 0 Å². The lowest BCUT2D eigenvalue weighted by atomic mass is 9.93. The van der Waals surface area contributed by atoms with E-state index in [0.717, 1.165) is 17.5 Å². The summed E-state index contributed by atoms with van der Waals surface area (Å²) in [4.78, 5) is 13.6. The lowest BCUT2D eigenvalue weighted by Crippen LogP contribution is -2.49. The van der Waals surface area contributed by atoms with Gasteiger partial charge in [0.15, 0.2) is 0 Å². The highest BCUT2D eigenvalue weighted by Crippen LogP contribution is 2.26. The summed E-state index contributed by atoms with van der Waals surface area (Å²) in [6.07, 6.45) is 2.83. The van der Waals surface area contributed by atoms with Gasteiger partial charge >= 0.3 is 0 Å². The maximum atomic E-state index is 11.9. The van der Waals surface area contributed by atoms with Gasteiger partial charge < -0.3 is 9.64 Å². The van der Waals surface area contributed by atoms with Gasteiger partial charge in [0.05, 0.1) is 17.8 Å². The quantitative estimate of drug-likeness (QED) is 0.918. The van der Waals surface area contributed by atoms with Crippen molar-refractivity contribution >= 4 is 11.5 Å². The molecule has 1 aliphatic heterocycles. The topological polar surface area (TPSA) is 65.4 Å². The molecule has 0 aliphatic carbocycles. The van der Waals surface area contributed by atoms with Crippen LogP contribution in [0.4, 0.5) is 0 Å². The van der Waals surface area contributed by atoms with Crippen molar-refractivity contribution in [3.05, 3.63) is 41.0 Å². The third-order valence-corrected chi connectivity index (χ3v) is 3.95. The zero-order chi connectivity index (χ0) is 16.1. The summed E-state index contributed by atoms with van der Waals surface area (Å²) in [7, 11) is 3.30. The number of carbonyl (C=O) groups excluding carboxylic acids is 1. The number of hydrogen-bond donors (Lipinski definition) is 1. The molecule has 0 saturated carbocycles. The molecule has 0 fully saturated rings. The Labute approximate surface area is 131 Å². The van der Waals surface area contributed by atoms with Crippen LogP contribution in [0.15, 0.2) is 24.3 Å². The first-order valence-electron chi connectivity index (χ1n) is 7.25. The van der Waals surface area contributed by atoms with E-state index >= 15 is 0 Å². The SMILES string of the molecule is COCC(=O)N(C)C1CC(c2ccc(C#N)cc2C)=CCN1. The molecule has 1 N–H and O–H groups in total. The fourth-order valence-corrected chi connectivity index (χ4v) is 2.67. The Morgan fingerprint density at radius 2 is 2.32 bits per heavy atom. The molecule has 22 heavy (non-hydrogen) atoms. The van der Waals surface area contributed by atoms with Crippen LogP contribution in [0.3, 0.4) is 0 Å². The summed E-state index contributed by atoms with van der Waals surface area (Å²) < 4.78 is 4.91. The highest BCUT2D eigenvalue weighted by atomic mass is 16.5. The first kappa shape index (κ1) is 16.2. The van der Waals surface area contributed by atoms with Gasteiger partial charge in [0.2, 0.25) is 5.91 Å². The number of methoxy groups -OCH3 is 1. The number of benzene rings is 1. The molecule has 0 saturated heterocycles. The van der Waals surface area contributed by atoms with E-state index in [-0.39, 0.29) is 18.7 Å². The van der Waals surface area contributed by atoms with Crippen LogP contribution in [0.5, 0.6) is 0 Å². The summed E-state index contributed by atoms with van der Waals surface area (Å²) in [5.74, 6) is -0.0437. The van der Waals surface area contributed by atoms with Crippen molar-refractivity contribution < 1.29 is 9.53 Å². The second-order valence-electron chi connectivity index (χ2n) is 5.44. The molecule has 0 spiro atoms. The lowest BCUT2D eigenvalue weighted by Gasteiger charge is -2.32. The maximum absolute atomic E-state index is 11.9. The molecule has 1 atom stereocenters. The fraction of sp³-hybridized carbons (Fsp3) is 0.412. The summed E-state index contributed by atoms with van der Waals surface area (Å²) in [5.41, 5.74) is 4.08. The van der Waals surface area contributed by atoms with Crippen LogP contribution in [0, 0.1) is 18.3 Å². The minimum atomic E-state index is -0.0438. The molecule has 0 aromatic heterocycles. The number of nitriles is 1. The monoisotopic (exact) mass is 299 g/mol. The number of amides is 1. The predicted molar refractivity (Wildman–Crippen MR) is 84.9 cm³/mol. The number of nitrogens with zero attached hydrogens (tertiary/aromatic N) is 2. The summed E-state index contributed by atoms with van der Waals surface area (Å²) >= 11 is 0. The van der Waals surface area contributed by atoms with Crippen molar-refractivity contribution in [2.75, 3.05) is 27.3 Å². The average molecular weight is 299 g/mol. The number of likely N-dealkylation sites (N-methyl/N-ethyl adjacent to an activating group) is 1. The smallest absolute Gasteiger partial charge is 0.249 e. The Kier molecular flexibility index (Phi) is 5.31. The van der Waals surface area contributed by atoms with Gasteiger partial charge in [0, 0.05) is 27.1 Å². The van der Waals surface area contributed by atoms with Crippen LogP contribution in [0.2, 0.25) is 0 Å². The maximum Gasteiger partial charge on any atom is 0.249 e. The number of hydrogen-bond acceptors (Lipinski definition) is 4. The number of ether oxygens (including phenoxy) is 1. The highest BCUT2D eigenvalue weighted by molar-refractivity contribution is 5.78. The summed E-state index contributed by atoms with van der Waals surface area (Å²) in [5, 5.41) is 12.3. The molecule has 1 aromatic carbocycles. The molecular formula is C17H21N3O2. The van der Waals surface area contributed by atoms with E-state index in [4.69, 9.17) is 10.00 Å². The van der Waals surface area contributed by atoms with Crippen LogP contribution in [0.25, 0.3) is 5.57 Å². The zero-order valence-corrected chi connectivity index (χ0v) is 13.2. The Bertz CT molecular complexity index is 631. The van der Waals surface area contributed by atoms with Crippen molar-refractivity contribution in [3.8, 4) is 6.07 Å². The largest absolute Gasteiger partial charge is 0.375 e. The van der Waals surface area contributed by atoms with Gasteiger partial charge in [-0.15, -0.1) is 0 Å². The molecule has 1 aromatic rings. The van der Waals surface area contributed by atoms with Gasteiger partial charge in [-0.2, -0.15) is 5.26 Å². The van der Waals surface area contributed by atoms with E-state index < -0.39 is 0 Å². The normalized spacial score (nSPS) is 17.5. The van der Waals surface area contributed by atoms with Crippen LogP contribution in [0.1, 0.15) is 23.1 Å². The number of carbonyl (C=O) groups is 1. The molecule has 0 bridgehead atoms. The van der Waals surface area contributed by atoms with Gasteiger partial charge in [0.25, 0.3) is 0 Å². The van der Waals surface area contributed by atoms with E-state index in [1.807, 2.05) is 25.1 Å². The molecular weight excluding hydrogens is 278 g/mol. The lowest BCUT2D eigenvalue weighted by molar-refractivity contribution is -0.136. The minimum Gasteiger partial charge on any atom is -0.375 e. The van der Waals surface area contributed by atoms with E-state index in [1.54, 1.807) is 11.9 Å². The number of aryl methyl sites for hydroxylation is 1. The third-order valence-electron chi connectivity index (χ3n) is 3.95. The van der Waals surface area contributed by atoms with Crippen LogP contribution in [-0.4, -0.2) is 44.3 Å². The highest BCUT2D eigenvalue weighted by Gasteiger charge is 2.23. The molecule has 1 aliphatic rings. The second-order valence-corrected chi connectivity index (χ2v) is 5.44. The molecule has 2 rings (SSSR count). The van der Waals surface area contributed by atoms with E-state index in [2.05, 4.69) is 17.5 Å². The second kappa shape index (κ2) is 7.21. The number of rotatable bonds is 4. The van der Waals surface area contributed by atoms with Gasteiger partial charge in [-0.3, -0.25) is 10.1 Å². The zero-order valence-electron chi connectivity index (χ0n) is 13.2. The average Bonchev–Trinajstić information content (AvgIpc) is 2.54. The van der Waals surface area contributed by atoms with Gasteiger partial charge in [-0.25, -0.2) is 0 Å². The van der Waals surface area contributed by atoms with Crippen molar-refractivity contribution in [2.24, 2.45) is 0 Å². The van der Waals surface area contributed by atoms with Gasteiger partial charge in [-0.1, -0.05) is 12.1 Å². The van der Waals surface area contributed by atoms with Gasteiger partial charge in [-0.05, 0) is 35.8 Å². The van der Waals surface area contributed by atoms with E-state index in [1.165, 1.54) is 12.7 Å². The molecule has 5 nitrogen and oxygen atoms in total. The molecule has 1 amide bonds. The Hall–Kier alpha value is -2.16. The molecule has 116 valence electrons. The summed E-state index contributed by atoms with van der Waals surface area (Å²) in [6.45, 7) is 2.81. The third kappa shape index (κ3) is 3.53. The van der Waals surface area contributed by atoms with E-state index in [9.17, 15) is 4.79 Å². The van der Waals surface area contributed by atoms with Crippen LogP contribution >= 0.6 is 0 Å². The Balaban J connectivity index is 2.16. The molecule has 0 radical (unpaired) electrons. The molecule has 1 heterocycles. The van der Waals surface area contributed by atoms with Crippen molar-refractivity contribution in [1.82, 2.24) is 10.2 Å². The molecule has 1 unspecified atom stereocenters. The van der Waals surface area contributed by atoms with Crippen molar-refractivity contribution in [2.45, 2.75) is 19.5 Å².